The molecule has 1 aliphatic rings. The van der Waals surface area contributed by atoms with E-state index in [1.807, 2.05) is 0 Å². The smallest absolute Gasteiger partial charge is 0.273 e. The van der Waals surface area contributed by atoms with E-state index in [0.717, 1.165) is 12.8 Å². The fourth-order valence-corrected chi connectivity index (χ4v) is 2.19. The number of hydrogen-bond donors (Lipinski definition) is 2. The lowest BCUT2D eigenvalue weighted by Gasteiger charge is -2.34. The zero-order valence-corrected chi connectivity index (χ0v) is 9.99. The highest BCUT2D eigenvalue weighted by molar-refractivity contribution is 5.97. The molecule has 1 aromatic heterocycles. The molecule has 0 aliphatic carbocycles. The number of carbonyl (C=O) groups excluding carboxylic acids is 1. The lowest BCUT2D eigenvalue weighted by Crippen LogP contribution is -2.50. The molecule has 1 fully saturated rings. The molecule has 0 radical (unpaired) electrons. The molecule has 1 unspecified atom stereocenters. The van der Waals surface area contributed by atoms with Crippen LogP contribution in [0.3, 0.4) is 0 Å². The van der Waals surface area contributed by atoms with Crippen molar-refractivity contribution in [2.24, 2.45) is 10.9 Å². The maximum absolute atomic E-state index is 12.3. The van der Waals surface area contributed by atoms with Crippen molar-refractivity contribution >= 4 is 11.7 Å². The second kappa shape index (κ2) is 5.48. The maximum Gasteiger partial charge on any atom is 0.273 e. The number of hydrogen-bond acceptors (Lipinski definition) is 4. The van der Waals surface area contributed by atoms with E-state index in [1.54, 1.807) is 29.3 Å². The number of oxime groups is 1. The fourth-order valence-electron chi connectivity index (χ4n) is 2.19. The van der Waals surface area contributed by atoms with Gasteiger partial charge in [-0.2, -0.15) is 0 Å². The maximum atomic E-state index is 12.3. The van der Waals surface area contributed by atoms with Crippen LogP contribution in [-0.2, 0) is 0 Å². The van der Waals surface area contributed by atoms with Crippen LogP contribution in [0.15, 0.2) is 29.6 Å². The Hall–Kier alpha value is -2.11. The van der Waals surface area contributed by atoms with Gasteiger partial charge in [0.2, 0.25) is 0 Å². The molecule has 6 heteroatoms. The second-order valence-corrected chi connectivity index (χ2v) is 4.25. The molecule has 1 aliphatic heterocycles. The Morgan fingerprint density at radius 3 is 3.00 bits per heavy atom. The first kappa shape index (κ1) is 12.3. The molecular formula is C12H16N4O2. The number of nitrogens with two attached hydrogens (primary N) is 1. The van der Waals surface area contributed by atoms with Gasteiger partial charge in [0, 0.05) is 12.7 Å². The number of rotatable bonds is 2. The minimum Gasteiger partial charge on any atom is -0.409 e. The number of pyridine rings is 1. The summed E-state index contributed by atoms with van der Waals surface area (Å²) in [6.07, 6.45) is 4.19. The molecule has 6 nitrogen and oxygen atoms in total. The molecule has 0 aromatic carbocycles. The van der Waals surface area contributed by atoms with Crippen molar-refractivity contribution in [2.75, 3.05) is 6.54 Å². The summed E-state index contributed by atoms with van der Waals surface area (Å²) in [5.41, 5.74) is 6.02. The topological polar surface area (TPSA) is 91.8 Å². The van der Waals surface area contributed by atoms with E-state index in [4.69, 9.17) is 10.9 Å². The van der Waals surface area contributed by atoms with Crippen molar-refractivity contribution in [3.63, 3.8) is 0 Å². The molecular weight excluding hydrogens is 232 g/mol. The Morgan fingerprint density at radius 2 is 2.33 bits per heavy atom. The third kappa shape index (κ3) is 2.42. The van der Waals surface area contributed by atoms with E-state index in [-0.39, 0.29) is 17.8 Å². The summed E-state index contributed by atoms with van der Waals surface area (Å²) in [4.78, 5) is 18.0. The fraction of sp³-hybridized carbons (Fsp3) is 0.417. The van der Waals surface area contributed by atoms with Crippen molar-refractivity contribution in [3.05, 3.63) is 30.1 Å². The van der Waals surface area contributed by atoms with Gasteiger partial charge in [0.25, 0.3) is 5.91 Å². The Morgan fingerprint density at radius 1 is 1.50 bits per heavy atom. The highest BCUT2D eigenvalue weighted by atomic mass is 16.4. The van der Waals surface area contributed by atoms with Crippen LogP contribution in [-0.4, -0.2) is 39.4 Å². The van der Waals surface area contributed by atoms with E-state index in [2.05, 4.69) is 10.1 Å². The minimum absolute atomic E-state index is 0.0824. The van der Waals surface area contributed by atoms with Gasteiger partial charge in [-0.05, 0) is 31.4 Å². The highest BCUT2D eigenvalue weighted by Crippen LogP contribution is 2.19. The average molecular weight is 248 g/mol. The van der Waals surface area contributed by atoms with Gasteiger partial charge in [-0.1, -0.05) is 11.2 Å². The summed E-state index contributed by atoms with van der Waals surface area (Å²) in [6.45, 7) is 0.607. The van der Waals surface area contributed by atoms with Crippen LogP contribution in [0.1, 0.15) is 29.8 Å². The number of amidine groups is 1. The SMILES string of the molecule is NC(=NO)C1CCCCN1C(=O)c1ccccn1. The molecule has 1 aromatic rings. The van der Waals surface area contributed by atoms with Crippen molar-refractivity contribution in [2.45, 2.75) is 25.3 Å². The summed E-state index contributed by atoms with van der Waals surface area (Å²) < 4.78 is 0. The predicted molar refractivity (Wildman–Crippen MR) is 66.3 cm³/mol. The Labute approximate surface area is 105 Å². The van der Waals surface area contributed by atoms with Gasteiger partial charge in [-0.25, -0.2) is 0 Å². The van der Waals surface area contributed by atoms with E-state index < -0.39 is 0 Å². The van der Waals surface area contributed by atoms with Crippen LogP contribution in [0.25, 0.3) is 0 Å². The molecule has 1 amide bonds. The predicted octanol–water partition coefficient (Wildman–Crippen LogP) is 0.823. The lowest BCUT2D eigenvalue weighted by molar-refractivity contribution is 0.0670. The number of likely N-dealkylation sites (tertiary alicyclic amines) is 1. The Balaban J connectivity index is 2.22. The molecule has 18 heavy (non-hydrogen) atoms. The minimum atomic E-state index is -0.335. The molecule has 96 valence electrons. The van der Waals surface area contributed by atoms with Gasteiger partial charge >= 0.3 is 0 Å². The Kier molecular flexibility index (Phi) is 3.76. The van der Waals surface area contributed by atoms with Crippen molar-refractivity contribution < 1.29 is 10.0 Å². The zero-order chi connectivity index (χ0) is 13.0. The van der Waals surface area contributed by atoms with Crippen molar-refractivity contribution in [1.82, 2.24) is 9.88 Å². The molecule has 0 saturated carbocycles. The molecule has 1 atom stereocenters. The summed E-state index contributed by atoms with van der Waals surface area (Å²) in [6, 6.07) is 4.86. The van der Waals surface area contributed by atoms with Crippen LogP contribution in [0.4, 0.5) is 0 Å². The molecule has 1 saturated heterocycles. The van der Waals surface area contributed by atoms with Crippen LogP contribution in [0.2, 0.25) is 0 Å². The normalized spacial score (nSPS) is 20.8. The summed E-state index contributed by atoms with van der Waals surface area (Å²) in [5.74, 6) is -0.0918. The molecule has 2 rings (SSSR count). The summed E-state index contributed by atoms with van der Waals surface area (Å²) in [7, 11) is 0. The number of amides is 1. The van der Waals surface area contributed by atoms with Gasteiger partial charge in [0.05, 0.1) is 6.04 Å². The zero-order valence-electron chi connectivity index (χ0n) is 9.99. The van der Waals surface area contributed by atoms with Crippen LogP contribution >= 0.6 is 0 Å². The quantitative estimate of drug-likeness (QED) is 0.351. The van der Waals surface area contributed by atoms with E-state index in [9.17, 15) is 4.79 Å². The summed E-state index contributed by atoms with van der Waals surface area (Å²) >= 11 is 0. The molecule has 0 spiro atoms. The van der Waals surface area contributed by atoms with Crippen molar-refractivity contribution in [3.8, 4) is 0 Å². The van der Waals surface area contributed by atoms with Gasteiger partial charge in [0.1, 0.15) is 5.69 Å². The van der Waals surface area contributed by atoms with E-state index in [1.165, 1.54) is 0 Å². The van der Waals surface area contributed by atoms with Crippen LogP contribution in [0.5, 0.6) is 0 Å². The average Bonchev–Trinajstić information content (AvgIpc) is 2.46. The third-order valence-electron chi connectivity index (χ3n) is 3.10. The van der Waals surface area contributed by atoms with Crippen molar-refractivity contribution in [1.29, 1.82) is 0 Å². The van der Waals surface area contributed by atoms with E-state index in [0.29, 0.717) is 18.7 Å². The highest BCUT2D eigenvalue weighted by Gasteiger charge is 2.30. The summed E-state index contributed by atoms with van der Waals surface area (Å²) in [5, 5.41) is 11.8. The standard InChI is InChI=1S/C12H16N4O2/c13-11(15-18)10-6-2-4-8-16(10)12(17)9-5-1-3-7-14-9/h1,3,5,7,10,18H,2,4,6,8H2,(H2,13,15). The van der Waals surface area contributed by atoms with Gasteiger partial charge in [-0.15, -0.1) is 0 Å². The Bertz CT molecular complexity index is 447. The molecule has 3 N–H and O–H groups in total. The second-order valence-electron chi connectivity index (χ2n) is 4.25. The van der Waals surface area contributed by atoms with Crippen LogP contribution < -0.4 is 5.73 Å². The largest absolute Gasteiger partial charge is 0.409 e. The third-order valence-corrected chi connectivity index (χ3v) is 3.10. The number of carbonyl (C=O) groups is 1. The number of nitrogens with zero attached hydrogens (tertiary/aromatic N) is 3. The first-order valence-corrected chi connectivity index (χ1v) is 5.93. The van der Waals surface area contributed by atoms with Gasteiger partial charge in [-0.3, -0.25) is 9.78 Å². The van der Waals surface area contributed by atoms with Crippen LogP contribution in [0, 0.1) is 0 Å². The number of piperidine rings is 1. The first-order valence-electron chi connectivity index (χ1n) is 5.93. The monoisotopic (exact) mass is 248 g/mol. The van der Waals surface area contributed by atoms with Gasteiger partial charge in [0.15, 0.2) is 5.84 Å². The lowest BCUT2D eigenvalue weighted by atomic mass is 10.0. The molecule has 2 heterocycles. The van der Waals surface area contributed by atoms with E-state index >= 15 is 0 Å². The number of aromatic nitrogens is 1. The molecule has 0 bridgehead atoms. The van der Waals surface area contributed by atoms with Gasteiger partial charge < -0.3 is 15.8 Å². The first-order chi connectivity index (χ1) is 8.74.